The molecule has 3 heteroatoms. The molecule has 0 atom stereocenters. The van der Waals surface area contributed by atoms with Crippen LogP contribution in [0.2, 0.25) is 0 Å². The van der Waals surface area contributed by atoms with Crippen LogP contribution in [0.1, 0.15) is 12.0 Å². The second-order valence-corrected chi connectivity index (χ2v) is 2.99. The monoisotopic (exact) mass is 183 g/mol. The van der Waals surface area contributed by atoms with E-state index in [1.165, 1.54) is 12.1 Å². The van der Waals surface area contributed by atoms with Crippen LogP contribution in [-0.2, 0) is 6.42 Å². The number of phenolic OH excluding ortho intramolecular Hbond substituents is 1. The molecule has 13 heavy (non-hydrogen) atoms. The predicted octanol–water partition coefficient (Wildman–Crippen LogP) is 1.68. The summed E-state index contributed by atoms with van der Waals surface area (Å²) in [6, 6.07) is 4.47. The number of hydrogen-bond donors (Lipinski definition) is 2. The maximum absolute atomic E-state index is 12.6. The quantitative estimate of drug-likeness (QED) is 0.696. The highest BCUT2D eigenvalue weighted by Gasteiger charge is 2.00. The Kier molecular flexibility index (Phi) is 3.71. The van der Waals surface area contributed by atoms with Crippen molar-refractivity contribution in [3.8, 4) is 5.75 Å². The van der Waals surface area contributed by atoms with Crippen molar-refractivity contribution in [3.63, 3.8) is 0 Å². The van der Waals surface area contributed by atoms with E-state index in [9.17, 15) is 4.39 Å². The lowest BCUT2D eigenvalue weighted by atomic mass is 10.1. The Morgan fingerprint density at radius 3 is 2.85 bits per heavy atom. The summed E-state index contributed by atoms with van der Waals surface area (Å²) >= 11 is 0. The third-order valence-electron chi connectivity index (χ3n) is 1.90. The Bertz CT molecular complexity index is 276. The SMILES string of the molecule is CNCCCc1ccc(F)c(O)c1. The van der Waals surface area contributed by atoms with Gasteiger partial charge in [-0.05, 0) is 44.1 Å². The smallest absolute Gasteiger partial charge is 0.164 e. The summed E-state index contributed by atoms with van der Waals surface area (Å²) in [4.78, 5) is 0. The average Bonchev–Trinajstić information content (AvgIpc) is 2.12. The first-order chi connectivity index (χ1) is 6.24. The van der Waals surface area contributed by atoms with Crippen LogP contribution >= 0.6 is 0 Å². The van der Waals surface area contributed by atoms with Gasteiger partial charge in [-0.15, -0.1) is 0 Å². The van der Waals surface area contributed by atoms with Crippen molar-refractivity contribution < 1.29 is 9.50 Å². The minimum atomic E-state index is -0.558. The van der Waals surface area contributed by atoms with Crippen molar-refractivity contribution in [2.24, 2.45) is 0 Å². The van der Waals surface area contributed by atoms with Crippen molar-refractivity contribution in [1.29, 1.82) is 0 Å². The molecule has 0 fully saturated rings. The lowest BCUT2D eigenvalue weighted by molar-refractivity contribution is 0.431. The predicted molar refractivity (Wildman–Crippen MR) is 50.3 cm³/mol. The van der Waals surface area contributed by atoms with Crippen molar-refractivity contribution in [3.05, 3.63) is 29.6 Å². The summed E-state index contributed by atoms with van der Waals surface area (Å²) in [6.45, 7) is 0.929. The Hall–Kier alpha value is -1.09. The Balaban J connectivity index is 2.53. The van der Waals surface area contributed by atoms with Gasteiger partial charge in [0.1, 0.15) is 0 Å². The van der Waals surface area contributed by atoms with Gasteiger partial charge in [0, 0.05) is 0 Å². The third-order valence-corrected chi connectivity index (χ3v) is 1.90. The highest BCUT2D eigenvalue weighted by Crippen LogP contribution is 2.17. The zero-order valence-electron chi connectivity index (χ0n) is 7.68. The molecule has 0 amide bonds. The van der Waals surface area contributed by atoms with Crippen molar-refractivity contribution >= 4 is 0 Å². The summed E-state index contributed by atoms with van der Waals surface area (Å²) in [7, 11) is 1.89. The molecule has 0 aliphatic rings. The molecule has 1 rings (SSSR count). The zero-order chi connectivity index (χ0) is 9.68. The number of phenols is 1. The number of nitrogens with one attached hydrogen (secondary N) is 1. The molecule has 72 valence electrons. The first-order valence-corrected chi connectivity index (χ1v) is 4.36. The van der Waals surface area contributed by atoms with Crippen LogP contribution in [0.15, 0.2) is 18.2 Å². The van der Waals surface area contributed by atoms with Gasteiger partial charge in [-0.2, -0.15) is 0 Å². The molecule has 0 aliphatic carbocycles. The van der Waals surface area contributed by atoms with Crippen LogP contribution in [0.25, 0.3) is 0 Å². The number of rotatable bonds is 4. The Morgan fingerprint density at radius 1 is 1.46 bits per heavy atom. The maximum atomic E-state index is 12.6. The van der Waals surface area contributed by atoms with Crippen LogP contribution in [0.4, 0.5) is 4.39 Å². The molecule has 1 aromatic rings. The normalized spacial score (nSPS) is 10.3. The van der Waals surface area contributed by atoms with Gasteiger partial charge in [0.25, 0.3) is 0 Å². The lowest BCUT2D eigenvalue weighted by Gasteiger charge is -2.02. The van der Waals surface area contributed by atoms with E-state index in [1.54, 1.807) is 6.07 Å². The van der Waals surface area contributed by atoms with Crippen molar-refractivity contribution in [1.82, 2.24) is 5.32 Å². The van der Waals surface area contributed by atoms with Gasteiger partial charge in [0.15, 0.2) is 11.6 Å². The molecule has 2 N–H and O–H groups in total. The standard InChI is InChI=1S/C10H14FNO/c1-12-6-2-3-8-4-5-9(11)10(13)7-8/h4-5,7,12-13H,2-3,6H2,1H3. The zero-order valence-corrected chi connectivity index (χ0v) is 7.68. The fraction of sp³-hybridized carbons (Fsp3) is 0.400. The Labute approximate surface area is 77.4 Å². The number of halogens is 1. The van der Waals surface area contributed by atoms with Gasteiger partial charge in [-0.1, -0.05) is 6.07 Å². The van der Waals surface area contributed by atoms with Gasteiger partial charge in [0.2, 0.25) is 0 Å². The molecule has 0 saturated heterocycles. The van der Waals surface area contributed by atoms with E-state index in [1.807, 2.05) is 7.05 Å². The van der Waals surface area contributed by atoms with Gasteiger partial charge >= 0.3 is 0 Å². The highest BCUT2D eigenvalue weighted by atomic mass is 19.1. The van der Waals surface area contributed by atoms with E-state index in [0.717, 1.165) is 24.9 Å². The lowest BCUT2D eigenvalue weighted by Crippen LogP contribution is -2.08. The molecule has 0 radical (unpaired) electrons. The molecular formula is C10H14FNO. The van der Waals surface area contributed by atoms with E-state index in [4.69, 9.17) is 5.11 Å². The molecule has 1 aromatic carbocycles. The second-order valence-electron chi connectivity index (χ2n) is 2.99. The van der Waals surface area contributed by atoms with E-state index >= 15 is 0 Å². The molecule has 0 aliphatic heterocycles. The van der Waals surface area contributed by atoms with E-state index in [0.29, 0.717) is 0 Å². The number of hydrogen-bond acceptors (Lipinski definition) is 2. The minimum Gasteiger partial charge on any atom is -0.505 e. The van der Waals surface area contributed by atoms with E-state index in [2.05, 4.69) is 5.32 Å². The fourth-order valence-corrected chi connectivity index (χ4v) is 1.18. The summed E-state index contributed by atoms with van der Waals surface area (Å²) in [5.74, 6) is -0.820. The molecule has 0 spiro atoms. The molecule has 0 heterocycles. The summed E-state index contributed by atoms with van der Waals surface area (Å²) < 4.78 is 12.6. The van der Waals surface area contributed by atoms with Gasteiger partial charge in [-0.25, -0.2) is 4.39 Å². The maximum Gasteiger partial charge on any atom is 0.164 e. The summed E-state index contributed by atoms with van der Waals surface area (Å²) in [6.07, 6.45) is 1.84. The topological polar surface area (TPSA) is 32.3 Å². The minimum absolute atomic E-state index is 0.262. The van der Waals surface area contributed by atoms with Crippen LogP contribution in [0, 0.1) is 5.82 Å². The summed E-state index contributed by atoms with van der Waals surface area (Å²) in [5.41, 5.74) is 0.967. The Morgan fingerprint density at radius 2 is 2.23 bits per heavy atom. The van der Waals surface area contributed by atoms with Crippen LogP contribution < -0.4 is 5.32 Å². The number of aromatic hydroxyl groups is 1. The number of aryl methyl sites for hydroxylation is 1. The van der Waals surface area contributed by atoms with Crippen molar-refractivity contribution in [2.75, 3.05) is 13.6 Å². The molecule has 2 nitrogen and oxygen atoms in total. The van der Waals surface area contributed by atoms with Crippen LogP contribution in [-0.4, -0.2) is 18.7 Å². The first kappa shape index (κ1) is 9.99. The molecule has 0 bridgehead atoms. The second kappa shape index (κ2) is 4.82. The largest absolute Gasteiger partial charge is 0.505 e. The van der Waals surface area contributed by atoms with Gasteiger partial charge in [0.05, 0.1) is 0 Å². The fourth-order valence-electron chi connectivity index (χ4n) is 1.18. The third kappa shape index (κ3) is 3.03. The molecule has 0 saturated carbocycles. The first-order valence-electron chi connectivity index (χ1n) is 4.36. The molecule has 0 unspecified atom stereocenters. The van der Waals surface area contributed by atoms with E-state index < -0.39 is 5.82 Å². The van der Waals surface area contributed by atoms with Crippen LogP contribution in [0.5, 0.6) is 5.75 Å². The van der Waals surface area contributed by atoms with Gasteiger partial charge in [-0.3, -0.25) is 0 Å². The number of benzene rings is 1. The highest BCUT2D eigenvalue weighted by molar-refractivity contribution is 5.28. The van der Waals surface area contributed by atoms with Crippen molar-refractivity contribution in [2.45, 2.75) is 12.8 Å². The molecule has 0 aromatic heterocycles. The summed E-state index contributed by atoms with van der Waals surface area (Å²) in [5, 5.41) is 12.1. The van der Waals surface area contributed by atoms with E-state index in [-0.39, 0.29) is 5.75 Å². The molecular weight excluding hydrogens is 169 g/mol. The van der Waals surface area contributed by atoms with Crippen LogP contribution in [0.3, 0.4) is 0 Å². The van der Waals surface area contributed by atoms with Gasteiger partial charge < -0.3 is 10.4 Å². The average molecular weight is 183 g/mol.